The van der Waals surface area contributed by atoms with E-state index in [1.54, 1.807) is 18.4 Å². The molecule has 0 fully saturated rings. The lowest BCUT2D eigenvalue weighted by Crippen LogP contribution is -2.22. The van der Waals surface area contributed by atoms with Gasteiger partial charge in [0.2, 0.25) is 0 Å². The third kappa shape index (κ3) is 4.77. The van der Waals surface area contributed by atoms with Gasteiger partial charge in [0.05, 0.1) is 27.5 Å². The molecule has 0 saturated carbocycles. The zero-order chi connectivity index (χ0) is 22.8. The number of hydrogen-bond donors (Lipinski definition) is 0. The van der Waals surface area contributed by atoms with Crippen LogP contribution in [0, 0.1) is 0 Å². The molecule has 3 rings (SSSR count). The second-order valence-corrected chi connectivity index (χ2v) is 10.8. The molecule has 0 unspecified atom stereocenters. The monoisotopic (exact) mass is 460 g/mol. The minimum absolute atomic E-state index is 0.0698. The Morgan fingerprint density at radius 1 is 1.13 bits per heavy atom. The molecule has 164 valence electrons. The number of nitrogens with zero attached hydrogens (tertiary/aromatic N) is 2. The van der Waals surface area contributed by atoms with Crippen molar-refractivity contribution in [3.63, 3.8) is 0 Å². The number of methoxy groups -OCH3 is 1. The van der Waals surface area contributed by atoms with Crippen molar-refractivity contribution in [2.24, 2.45) is 4.99 Å². The van der Waals surface area contributed by atoms with E-state index in [-0.39, 0.29) is 17.0 Å². The van der Waals surface area contributed by atoms with Crippen LogP contribution in [-0.2, 0) is 32.3 Å². The first kappa shape index (κ1) is 22.9. The smallest absolute Gasteiger partial charge is 0.325 e. The van der Waals surface area contributed by atoms with Crippen molar-refractivity contribution in [3.8, 4) is 0 Å². The Hall–Kier alpha value is -2.78. The summed E-state index contributed by atoms with van der Waals surface area (Å²) in [5.74, 6) is -0.967. The highest BCUT2D eigenvalue weighted by atomic mass is 32.2. The first-order valence-electron chi connectivity index (χ1n) is 9.79. The summed E-state index contributed by atoms with van der Waals surface area (Å²) in [6.45, 7) is 5.19. The van der Waals surface area contributed by atoms with E-state index in [1.165, 1.54) is 42.7 Å². The number of amides is 1. The molecule has 0 spiro atoms. The Morgan fingerprint density at radius 2 is 1.81 bits per heavy atom. The number of rotatable bonds is 6. The maximum atomic E-state index is 12.8. The van der Waals surface area contributed by atoms with Crippen molar-refractivity contribution < 1.29 is 22.7 Å². The molecule has 7 nitrogen and oxygen atoms in total. The number of carbonyl (C=O) groups is 2. The summed E-state index contributed by atoms with van der Waals surface area (Å²) in [7, 11) is -2.11. The molecular weight excluding hydrogens is 436 g/mol. The molecule has 0 radical (unpaired) electrons. The fourth-order valence-electron chi connectivity index (χ4n) is 2.98. The third-order valence-electron chi connectivity index (χ3n) is 4.92. The average Bonchev–Trinajstić information content (AvgIpc) is 3.09. The molecule has 1 aromatic heterocycles. The highest BCUT2D eigenvalue weighted by Crippen LogP contribution is 2.20. The van der Waals surface area contributed by atoms with Crippen molar-refractivity contribution in [1.29, 1.82) is 0 Å². The van der Waals surface area contributed by atoms with Crippen LogP contribution in [-0.4, -0.2) is 37.2 Å². The van der Waals surface area contributed by atoms with Gasteiger partial charge in [0.1, 0.15) is 6.54 Å². The van der Waals surface area contributed by atoms with Gasteiger partial charge in [0.25, 0.3) is 5.91 Å². The molecule has 0 aliphatic heterocycles. The Balaban J connectivity index is 2.05. The lowest BCUT2D eigenvalue weighted by Gasteiger charge is -2.07. The summed E-state index contributed by atoms with van der Waals surface area (Å²) in [4.78, 5) is 29.5. The van der Waals surface area contributed by atoms with E-state index in [0.717, 1.165) is 22.2 Å². The van der Waals surface area contributed by atoms with Crippen molar-refractivity contribution in [3.05, 3.63) is 58.4 Å². The first-order valence-corrected chi connectivity index (χ1v) is 12.2. The SMILES string of the molecule is CCc1ccc2c(c1)sc(=NC(=O)c1ccc(S(=O)(=O)C(C)C)cc1)n2CC(=O)OC. The number of thiazole rings is 1. The number of benzene rings is 2. The normalized spacial score (nSPS) is 12.5. The first-order chi connectivity index (χ1) is 14.7. The molecule has 0 N–H and O–H groups in total. The van der Waals surface area contributed by atoms with Gasteiger partial charge in [0, 0.05) is 5.56 Å². The molecular formula is C22H24N2O5S2. The standard InChI is InChI=1S/C22H24N2O5S2/c1-5-15-6-11-18-19(12-15)30-22(24(18)13-20(25)29-4)23-21(26)16-7-9-17(10-8-16)31(27,28)14(2)3/h6-12,14H,5,13H2,1-4H3. The number of hydrogen-bond acceptors (Lipinski definition) is 6. The van der Waals surface area contributed by atoms with Crippen molar-refractivity contribution in [2.75, 3.05) is 7.11 Å². The molecule has 3 aromatic rings. The van der Waals surface area contributed by atoms with Crippen molar-refractivity contribution in [1.82, 2.24) is 4.57 Å². The Morgan fingerprint density at radius 3 is 2.39 bits per heavy atom. The summed E-state index contributed by atoms with van der Waals surface area (Å²) in [6, 6.07) is 11.6. The van der Waals surface area contributed by atoms with Gasteiger partial charge in [-0.25, -0.2) is 8.42 Å². The molecule has 0 bridgehead atoms. The second kappa shape index (κ2) is 9.15. The summed E-state index contributed by atoms with van der Waals surface area (Å²) in [5, 5.41) is -0.553. The molecule has 0 saturated heterocycles. The topological polar surface area (TPSA) is 94.8 Å². The summed E-state index contributed by atoms with van der Waals surface area (Å²) in [5.41, 5.74) is 2.19. The highest BCUT2D eigenvalue weighted by Gasteiger charge is 2.19. The molecule has 2 aromatic carbocycles. The number of carbonyl (C=O) groups excluding carboxylic acids is 2. The maximum absolute atomic E-state index is 12.8. The predicted molar refractivity (Wildman–Crippen MR) is 120 cm³/mol. The van der Waals surface area contributed by atoms with Crippen LogP contribution in [0.3, 0.4) is 0 Å². The van der Waals surface area contributed by atoms with E-state index in [4.69, 9.17) is 4.74 Å². The minimum atomic E-state index is -3.42. The van der Waals surface area contributed by atoms with E-state index in [0.29, 0.717) is 4.80 Å². The minimum Gasteiger partial charge on any atom is -0.468 e. The highest BCUT2D eigenvalue weighted by molar-refractivity contribution is 7.92. The number of aromatic nitrogens is 1. The maximum Gasteiger partial charge on any atom is 0.325 e. The number of sulfone groups is 1. The largest absolute Gasteiger partial charge is 0.468 e. The Bertz CT molecular complexity index is 1300. The molecule has 9 heteroatoms. The zero-order valence-corrected chi connectivity index (χ0v) is 19.4. The summed E-state index contributed by atoms with van der Waals surface area (Å²) < 4.78 is 31.9. The van der Waals surface area contributed by atoms with E-state index in [9.17, 15) is 18.0 Å². The van der Waals surface area contributed by atoms with Crippen LogP contribution in [0.5, 0.6) is 0 Å². The number of ether oxygens (including phenoxy) is 1. The van der Waals surface area contributed by atoms with E-state index in [1.807, 2.05) is 18.2 Å². The van der Waals surface area contributed by atoms with Gasteiger partial charge in [-0.3, -0.25) is 9.59 Å². The van der Waals surface area contributed by atoms with Crippen LogP contribution < -0.4 is 4.80 Å². The summed E-state index contributed by atoms with van der Waals surface area (Å²) in [6.07, 6.45) is 0.863. The van der Waals surface area contributed by atoms with Gasteiger partial charge < -0.3 is 9.30 Å². The van der Waals surface area contributed by atoms with E-state index in [2.05, 4.69) is 11.9 Å². The second-order valence-electron chi connectivity index (χ2n) is 7.24. The lowest BCUT2D eigenvalue weighted by molar-refractivity contribution is -0.141. The predicted octanol–water partition coefficient (Wildman–Crippen LogP) is 3.36. The Kier molecular flexibility index (Phi) is 6.76. The van der Waals surface area contributed by atoms with E-state index < -0.39 is 27.0 Å². The molecule has 31 heavy (non-hydrogen) atoms. The molecule has 0 aliphatic carbocycles. The number of aryl methyl sites for hydroxylation is 1. The van der Waals surface area contributed by atoms with Crippen LogP contribution in [0.2, 0.25) is 0 Å². The van der Waals surface area contributed by atoms with E-state index >= 15 is 0 Å². The quantitative estimate of drug-likeness (QED) is 0.526. The van der Waals surface area contributed by atoms with Gasteiger partial charge in [0.15, 0.2) is 14.6 Å². The van der Waals surface area contributed by atoms with Gasteiger partial charge in [-0.2, -0.15) is 4.99 Å². The fourth-order valence-corrected chi connectivity index (χ4v) is 5.13. The van der Waals surface area contributed by atoms with Crippen LogP contribution in [0.1, 0.15) is 36.7 Å². The molecule has 1 amide bonds. The van der Waals surface area contributed by atoms with Crippen molar-refractivity contribution in [2.45, 2.75) is 43.9 Å². The zero-order valence-electron chi connectivity index (χ0n) is 17.8. The molecule has 0 aliphatic rings. The third-order valence-corrected chi connectivity index (χ3v) is 8.13. The van der Waals surface area contributed by atoms with Gasteiger partial charge in [-0.1, -0.05) is 24.3 Å². The molecule has 1 heterocycles. The summed E-state index contributed by atoms with van der Waals surface area (Å²) >= 11 is 1.31. The van der Waals surface area contributed by atoms with Crippen LogP contribution in [0.25, 0.3) is 10.2 Å². The van der Waals surface area contributed by atoms with Crippen LogP contribution in [0.15, 0.2) is 52.4 Å². The molecule has 0 atom stereocenters. The lowest BCUT2D eigenvalue weighted by atomic mass is 10.2. The van der Waals surface area contributed by atoms with Crippen LogP contribution >= 0.6 is 11.3 Å². The Labute approximate surface area is 184 Å². The van der Waals surface area contributed by atoms with Gasteiger partial charge >= 0.3 is 5.97 Å². The average molecular weight is 461 g/mol. The van der Waals surface area contributed by atoms with Gasteiger partial charge in [-0.15, -0.1) is 0 Å². The number of esters is 1. The van der Waals surface area contributed by atoms with Crippen LogP contribution in [0.4, 0.5) is 0 Å². The number of fused-ring (bicyclic) bond motifs is 1. The van der Waals surface area contributed by atoms with Gasteiger partial charge in [-0.05, 0) is 62.2 Å². The van der Waals surface area contributed by atoms with Crippen molar-refractivity contribution >= 4 is 43.3 Å². The fraction of sp³-hybridized carbons (Fsp3) is 0.318.